The average molecular weight is 143 g/mol. The lowest BCUT2D eigenvalue weighted by Crippen LogP contribution is -1.69. The number of thiol groups is 1. The SMILES string of the molecule is SSc1ccccn1. The highest BCUT2D eigenvalue weighted by molar-refractivity contribution is 8.68. The minimum atomic E-state index is 0.941. The van der Waals surface area contributed by atoms with Crippen LogP contribution in [0.1, 0.15) is 0 Å². The van der Waals surface area contributed by atoms with Crippen LogP contribution in [0.5, 0.6) is 0 Å². The van der Waals surface area contributed by atoms with Gasteiger partial charge >= 0.3 is 0 Å². The summed E-state index contributed by atoms with van der Waals surface area (Å²) in [6.45, 7) is 0. The van der Waals surface area contributed by atoms with Gasteiger partial charge in [-0.3, -0.25) is 0 Å². The zero-order chi connectivity index (χ0) is 5.82. The van der Waals surface area contributed by atoms with Gasteiger partial charge in [-0.2, -0.15) is 0 Å². The van der Waals surface area contributed by atoms with E-state index in [1.165, 1.54) is 10.8 Å². The lowest BCUT2D eigenvalue weighted by atomic mass is 10.5. The largest absolute Gasteiger partial charge is 0.249 e. The molecule has 0 amide bonds. The van der Waals surface area contributed by atoms with Gasteiger partial charge in [0.25, 0.3) is 0 Å². The van der Waals surface area contributed by atoms with Crippen LogP contribution in [0.2, 0.25) is 0 Å². The minimum absolute atomic E-state index is 0.941. The van der Waals surface area contributed by atoms with Crippen molar-refractivity contribution in [1.29, 1.82) is 0 Å². The van der Waals surface area contributed by atoms with Gasteiger partial charge in [0.1, 0.15) is 5.03 Å². The Labute approximate surface area is 57.3 Å². The predicted molar refractivity (Wildman–Crippen MR) is 39.1 cm³/mol. The molecule has 1 nitrogen and oxygen atoms in total. The third-order valence-electron chi connectivity index (χ3n) is 0.731. The molecule has 0 unspecified atom stereocenters. The minimum Gasteiger partial charge on any atom is -0.249 e. The lowest BCUT2D eigenvalue weighted by molar-refractivity contribution is 1.14. The molecule has 0 aliphatic rings. The van der Waals surface area contributed by atoms with Gasteiger partial charge in [0.15, 0.2) is 0 Å². The molecule has 1 rings (SSSR count). The van der Waals surface area contributed by atoms with Gasteiger partial charge in [-0.1, -0.05) is 6.07 Å². The number of hydrogen-bond donors (Lipinski definition) is 1. The second-order valence-corrected chi connectivity index (χ2v) is 2.41. The van der Waals surface area contributed by atoms with Crippen LogP contribution in [-0.2, 0) is 0 Å². The first-order valence-electron chi connectivity index (χ1n) is 2.16. The molecule has 0 aliphatic heterocycles. The molecule has 0 aliphatic carbocycles. The van der Waals surface area contributed by atoms with E-state index in [0.717, 1.165) is 5.03 Å². The van der Waals surface area contributed by atoms with Gasteiger partial charge in [-0.05, 0) is 22.9 Å². The summed E-state index contributed by atoms with van der Waals surface area (Å²) in [6, 6.07) is 5.73. The zero-order valence-corrected chi connectivity index (χ0v) is 5.82. The van der Waals surface area contributed by atoms with Crippen molar-refractivity contribution in [3.05, 3.63) is 24.4 Å². The number of pyridine rings is 1. The maximum Gasteiger partial charge on any atom is 0.106 e. The van der Waals surface area contributed by atoms with Crippen molar-refractivity contribution in [2.24, 2.45) is 0 Å². The van der Waals surface area contributed by atoms with E-state index in [9.17, 15) is 0 Å². The molecule has 1 aromatic rings. The van der Waals surface area contributed by atoms with Gasteiger partial charge < -0.3 is 0 Å². The molecule has 8 heavy (non-hydrogen) atoms. The maximum atomic E-state index is 3.98. The van der Waals surface area contributed by atoms with E-state index >= 15 is 0 Å². The molecule has 0 radical (unpaired) electrons. The summed E-state index contributed by atoms with van der Waals surface area (Å²) in [5.74, 6) is 0. The summed E-state index contributed by atoms with van der Waals surface area (Å²) in [5, 5.41) is 0.941. The first kappa shape index (κ1) is 5.98. The molecule has 0 fully saturated rings. The Kier molecular flexibility index (Phi) is 2.24. The van der Waals surface area contributed by atoms with Crippen LogP contribution in [0.25, 0.3) is 0 Å². The van der Waals surface area contributed by atoms with E-state index in [1.807, 2.05) is 18.2 Å². The van der Waals surface area contributed by atoms with Crippen LogP contribution in [-0.4, -0.2) is 4.98 Å². The van der Waals surface area contributed by atoms with Gasteiger partial charge in [-0.25, -0.2) is 4.98 Å². The highest BCUT2D eigenvalue weighted by Gasteiger charge is 1.83. The number of aromatic nitrogens is 1. The predicted octanol–water partition coefficient (Wildman–Crippen LogP) is 2.02. The molecule has 0 aromatic carbocycles. The fourth-order valence-corrected chi connectivity index (χ4v) is 0.973. The van der Waals surface area contributed by atoms with Crippen molar-refractivity contribution >= 4 is 22.5 Å². The smallest absolute Gasteiger partial charge is 0.106 e. The lowest BCUT2D eigenvalue weighted by Gasteiger charge is -1.87. The maximum absolute atomic E-state index is 3.98. The van der Waals surface area contributed by atoms with Crippen LogP contribution in [0.4, 0.5) is 0 Å². The van der Waals surface area contributed by atoms with Gasteiger partial charge in [-0.15, -0.1) is 11.7 Å². The Morgan fingerprint density at radius 3 is 2.75 bits per heavy atom. The molecule has 0 bridgehead atoms. The van der Waals surface area contributed by atoms with Crippen LogP contribution >= 0.6 is 22.5 Å². The highest BCUT2D eigenvalue weighted by Crippen LogP contribution is 2.16. The van der Waals surface area contributed by atoms with E-state index < -0.39 is 0 Å². The average Bonchev–Trinajstić information content (AvgIpc) is 1.90. The Hall–Kier alpha value is -0.150. The molecule has 0 saturated carbocycles. The molecule has 0 saturated heterocycles. The third-order valence-corrected chi connectivity index (χ3v) is 1.72. The molecular weight excluding hydrogens is 138 g/mol. The van der Waals surface area contributed by atoms with Gasteiger partial charge in [0.05, 0.1) is 0 Å². The Morgan fingerprint density at radius 1 is 1.50 bits per heavy atom. The molecular formula is C5H5NS2. The fourth-order valence-electron chi connectivity index (χ4n) is 0.401. The first-order chi connectivity index (χ1) is 3.93. The van der Waals surface area contributed by atoms with Crippen molar-refractivity contribution in [2.45, 2.75) is 5.03 Å². The van der Waals surface area contributed by atoms with E-state index in [4.69, 9.17) is 0 Å². The van der Waals surface area contributed by atoms with E-state index in [0.29, 0.717) is 0 Å². The molecule has 42 valence electrons. The van der Waals surface area contributed by atoms with Gasteiger partial charge in [0.2, 0.25) is 0 Å². The molecule has 0 atom stereocenters. The van der Waals surface area contributed by atoms with E-state index in [-0.39, 0.29) is 0 Å². The first-order valence-corrected chi connectivity index (χ1v) is 4.03. The third kappa shape index (κ3) is 1.42. The van der Waals surface area contributed by atoms with Crippen LogP contribution in [0, 0.1) is 0 Å². The number of rotatable bonds is 1. The Morgan fingerprint density at radius 2 is 2.38 bits per heavy atom. The summed E-state index contributed by atoms with van der Waals surface area (Å²) in [5.41, 5.74) is 0. The molecule has 1 aromatic heterocycles. The van der Waals surface area contributed by atoms with E-state index in [2.05, 4.69) is 16.6 Å². The molecule has 1 heterocycles. The van der Waals surface area contributed by atoms with Crippen LogP contribution in [0.3, 0.4) is 0 Å². The van der Waals surface area contributed by atoms with Crippen molar-refractivity contribution in [1.82, 2.24) is 4.98 Å². The summed E-state index contributed by atoms with van der Waals surface area (Å²) in [6.07, 6.45) is 1.75. The standard InChI is InChI=1S/C5H5NS2/c7-8-5-3-1-2-4-6-5/h1-4,7H. The fraction of sp³-hybridized carbons (Fsp3) is 0. The summed E-state index contributed by atoms with van der Waals surface area (Å²) in [7, 11) is 1.35. The second-order valence-electron chi connectivity index (χ2n) is 1.26. The van der Waals surface area contributed by atoms with Crippen LogP contribution in [0.15, 0.2) is 29.4 Å². The zero-order valence-electron chi connectivity index (χ0n) is 4.11. The Balaban J connectivity index is 2.83. The topological polar surface area (TPSA) is 12.9 Å². The monoisotopic (exact) mass is 143 g/mol. The molecule has 3 heteroatoms. The van der Waals surface area contributed by atoms with Crippen molar-refractivity contribution in [3.63, 3.8) is 0 Å². The van der Waals surface area contributed by atoms with Gasteiger partial charge in [0, 0.05) is 6.20 Å². The quantitative estimate of drug-likeness (QED) is 0.477. The molecule has 0 N–H and O–H groups in total. The van der Waals surface area contributed by atoms with Crippen LogP contribution < -0.4 is 0 Å². The van der Waals surface area contributed by atoms with Crippen molar-refractivity contribution in [3.8, 4) is 0 Å². The second kappa shape index (κ2) is 2.99. The normalized spacial score (nSPS) is 9.12. The molecule has 0 spiro atoms. The summed E-state index contributed by atoms with van der Waals surface area (Å²) >= 11 is 3.96. The summed E-state index contributed by atoms with van der Waals surface area (Å²) in [4.78, 5) is 3.98. The number of hydrogen-bond acceptors (Lipinski definition) is 3. The van der Waals surface area contributed by atoms with Crippen molar-refractivity contribution in [2.75, 3.05) is 0 Å². The highest BCUT2D eigenvalue weighted by atomic mass is 33.1. The number of nitrogens with zero attached hydrogens (tertiary/aromatic N) is 1. The summed E-state index contributed by atoms with van der Waals surface area (Å²) < 4.78 is 0. The Bertz CT molecular complexity index is 152. The van der Waals surface area contributed by atoms with E-state index in [1.54, 1.807) is 6.20 Å². The van der Waals surface area contributed by atoms with Crippen molar-refractivity contribution < 1.29 is 0 Å².